The molecule has 1 aromatic carbocycles. The first-order valence-corrected chi connectivity index (χ1v) is 5.04. The molecular weight excluding hydrogens is 237 g/mol. The number of benzene rings is 1. The third-order valence-electron chi connectivity index (χ3n) is 2.41. The zero-order chi connectivity index (χ0) is 13.1. The minimum atomic E-state index is -0.495. The van der Waals surface area contributed by atoms with Crippen molar-refractivity contribution in [3.05, 3.63) is 56.4 Å². The van der Waals surface area contributed by atoms with E-state index in [-0.39, 0.29) is 22.8 Å². The number of aromatic amines is 1. The van der Waals surface area contributed by atoms with Gasteiger partial charge in [-0.1, -0.05) is 12.1 Å². The van der Waals surface area contributed by atoms with Crippen LogP contribution in [0.4, 0.5) is 10.3 Å². The lowest BCUT2D eigenvalue weighted by atomic mass is 10.1. The Bertz CT molecular complexity index is 703. The molecule has 0 saturated heterocycles. The van der Waals surface area contributed by atoms with Crippen molar-refractivity contribution >= 4 is 5.95 Å². The Labute approximate surface area is 101 Å². The Hall–Kier alpha value is -2.66. The van der Waals surface area contributed by atoms with E-state index in [2.05, 4.69) is 20.0 Å². The van der Waals surface area contributed by atoms with Crippen LogP contribution in [0.25, 0.3) is 21.7 Å². The molecule has 0 unspecified atom stereocenters. The molecule has 7 heteroatoms. The standard InChI is InChI=1S/C11H8FN5O/c1-6-9(7-4-2-3-5-8(7)12)14-11(16-17-13)15-10(6)18/h2-5H,1H3,(H,14,15,18). The molecule has 0 aliphatic heterocycles. The van der Waals surface area contributed by atoms with Crippen molar-refractivity contribution in [2.45, 2.75) is 6.92 Å². The smallest absolute Gasteiger partial charge is 0.254 e. The molecule has 1 aromatic heterocycles. The third-order valence-corrected chi connectivity index (χ3v) is 2.41. The van der Waals surface area contributed by atoms with E-state index < -0.39 is 11.4 Å². The molecule has 0 radical (unpaired) electrons. The number of nitrogens with one attached hydrogen (secondary N) is 1. The van der Waals surface area contributed by atoms with Gasteiger partial charge in [-0.25, -0.2) is 9.37 Å². The van der Waals surface area contributed by atoms with Crippen molar-refractivity contribution in [2.75, 3.05) is 0 Å². The molecule has 18 heavy (non-hydrogen) atoms. The molecule has 0 fully saturated rings. The van der Waals surface area contributed by atoms with Gasteiger partial charge >= 0.3 is 0 Å². The Kier molecular flexibility index (Phi) is 3.07. The molecular formula is C11H8FN5O. The highest BCUT2D eigenvalue weighted by molar-refractivity contribution is 5.63. The summed E-state index contributed by atoms with van der Waals surface area (Å²) >= 11 is 0. The maximum Gasteiger partial charge on any atom is 0.254 e. The van der Waals surface area contributed by atoms with Crippen molar-refractivity contribution in [3.8, 4) is 11.3 Å². The minimum absolute atomic E-state index is 0.166. The molecule has 0 spiro atoms. The van der Waals surface area contributed by atoms with Gasteiger partial charge in [0.2, 0.25) is 0 Å². The molecule has 2 rings (SSSR count). The number of nitrogens with zero attached hydrogens (tertiary/aromatic N) is 4. The quantitative estimate of drug-likeness (QED) is 0.500. The molecule has 0 aliphatic carbocycles. The largest absolute Gasteiger partial charge is 0.305 e. The molecule has 1 heterocycles. The third kappa shape index (κ3) is 2.07. The van der Waals surface area contributed by atoms with Crippen molar-refractivity contribution in [1.29, 1.82) is 0 Å². The lowest BCUT2D eigenvalue weighted by molar-refractivity contribution is 0.630. The number of rotatable bonds is 2. The summed E-state index contributed by atoms with van der Waals surface area (Å²) in [6.45, 7) is 1.52. The highest BCUT2D eigenvalue weighted by atomic mass is 19.1. The zero-order valence-corrected chi connectivity index (χ0v) is 9.38. The maximum absolute atomic E-state index is 13.6. The van der Waals surface area contributed by atoms with Gasteiger partial charge in [0.15, 0.2) is 5.95 Å². The average molecular weight is 245 g/mol. The number of azide groups is 1. The molecule has 90 valence electrons. The van der Waals surface area contributed by atoms with Gasteiger partial charge < -0.3 is 4.98 Å². The van der Waals surface area contributed by atoms with Crippen LogP contribution in [-0.4, -0.2) is 9.97 Å². The summed E-state index contributed by atoms with van der Waals surface area (Å²) in [5, 5.41) is 3.22. The van der Waals surface area contributed by atoms with E-state index in [1.807, 2.05) is 0 Å². The first kappa shape index (κ1) is 11.8. The molecule has 1 N–H and O–H groups in total. The Morgan fingerprint density at radius 2 is 2.17 bits per heavy atom. The van der Waals surface area contributed by atoms with Crippen LogP contribution in [0.5, 0.6) is 0 Å². The van der Waals surface area contributed by atoms with Crippen molar-refractivity contribution in [2.24, 2.45) is 5.11 Å². The first-order valence-electron chi connectivity index (χ1n) is 5.04. The topological polar surface area (TPSA) is 94.5 Å². The van der Waals surface area contributed by atoms with Crippen LogP contribution < -0.4 is 5.56 Å². The zero-order valence-electron chi connectivity index (χ0n) is 9.38. The summed E-state index contributed by atoms with van der Waals surface area (Å²) in [7, 11) is 0. The Morgan fingerprint density at radius 3 is 2.83 bits per heavy atom. The van der Waals surface area contributed by atoms with Gasteiger partial charge in [0, 0.05) is 16.0 Å². The van der Waals surface area contributed by atoms with Gasteiger partial charge in [-0.3, -0.25) is 4.79 Å². The molecule has 0 aliphatic rings. The van der Waals surface area contributed by atoms with E-state index in [1.165, 1.54) is 25.1 Å². The average Bonchev–Trinajstić information content (AvgIpc) is 2.35. The highest BCUT2D eigenvalue weighted by Crippen LogP contribution is 2.23. The molecule has 0 amide bonds. The summed E-state index contributed by atoms with van der Waals surface area (Å²) in [4.78, 5) is 20.4. The predicted molar refractivity (Wildman–Crippen MR) is 63.8 cm³/mol. The van der Waals surface area contributed by atoms with E-state index in [9.17, 15) is 9.18 Å². The van der Waals surface area contributed by atoms with Crippen LogP contribution in [0.2, 0.25) is 0 Å². The lowest BCUT2D eigenvalue weighted by Gasteiger charge is -2.06. The fourth-order valence-electron chi connectivity index (χ4n) is 1.53. The van der Waals surface area contributed by atoms with E-state index in [4.69, 9.17) is 5.53 Å². The molecule has 0 atom stereocenters. The van der Waals surface area contributed by atoms with Crippen LogP contribution >= 0.6 is 0 Å². The van der Waals surface area contributed by atoms with Crippen molar-refractivity contribution in [3.63, 3.8) is 0 Å². The molecule has 6 nitrogen and oxygen atoms in total. The molecule has 0 bridgehead atoms. The predicted octanol–water partition coefficient (Wildman–Crippen LogP) is 2.83. The van der Waals surface area contributed by atoms with Crippen molar-refractivity contribution in [1.82, 2.24) is 9.97 Å². The van der Waals surface area contributed by atoms with Gasteiger partial charge in [0.25, 0.3) is 5.56 Å². The lowest BCUT2D eigenvalue weighted by Crippen LogP contribution is -2.12. The highest BCUT2D eigenvalue weighted by Gasteiger charge is 2.12. The van der Waals surface area contributed by atoms with E-state index in [1.54, 1.807) is 6.07 Å². The molecule has 2 aromatic rings. The van der Waals surface area contributed by atoms with Crippen LogP contribution in [0.15, 0.2) is 34.2 Å². The van der Waals surface area contributed by atoms with Gasteiger partial charge in [0.05, 0.1) is 5.69 Å². The Morgan fingerprint density at radius 1 is 1.44 bits per heavy atom. The van der Waals surface area contributed by atoms with E-state index in [0.29, 0.717) is 0 Å². The summed E-state index contributed by atoms with van der Waals surface area (Å²) in [6, 6.07) is 5.94. The normalized spacial score (nSPS) is 9.89. The van der Waals surface area contributed by atoms with Crippen LogP contribution in [0.1, 0.15) is 5.56 Å². The number of H-pyrrole nitrogens is 1. The van der Waals surface area contributed by atoms with E-state index in [0.717, 1.165) is 0 Å². The number of hydrogen-bond acceptors (Lipinski definition) is 3. The second-order valence-electron chi connectivity index (χ2n) is 3.53. The SMILES string of the molecule is Cc1c(-c2ccccc2F)nc(N=[N+]=[N-])[nH]c1=O. The number of hydrogen-bond donors (Lipinski definition) is 1. The van der Waals surface area contributed by atoms with Gasteiger partial charge in [0.1, 0.15) is 5.82 Å². The minimum Gasteiger partial charge on any atom is -0.305 e. The van der Waals surface area contributed by atoms with Crippen LogP contribution in [0.3, 0.4) is 0 Å². The van der Waals surface area contributed by atoms with Gasteiger partial charge in [-0.15, -0.1) is 0 Å². The monoisotopic (exact) mass is 245 g/mol. The summed E-state index contributed by atoms with van der Waals surface area (Å²) < 4.78 is 13.6. The Balaban J connectivity index is 2.75. The fraction of sp³-hybridized carbons (Fsp3) is 0.0909. The number of halogens is 1. The fourth-order valence-corrected chi connectivity index (χ4v) is 1.53. The molecule has 0 saturated carbocycles. The first-order chi connectivity index (χ1) is 8.63. The van der Waals surface area contributed by atoms with Crippen molar-refractivity contribution < 1.29 is 4.39 Å². The summed E-state index contributed by atoms with van der Waals surface area (Å²) in [5.74, 6) is -0.683. The van der Waals surface area contributed by atoms with Crippen LogP contribution in [0, 0.1) is 12.7 Å². The van der Waals surface area contributed by atoms with E-state index >= 15 is 0 Å². The van der Waals surface area contributed by atoms with Crippen LogP contribution in [-0.2, 0) is 0 Å². The van der Waals surface area contributed by atoms with Gasteiger partial charge in [-0.05, 0) is 29.7 Å². The van der Waals surface area contributed by atoms with Gasteiger partial charge in [-0.2, -0.15) is 0 Å². The summed E-state index contributed by atoms with van der Waals surface area (Å²) in [6.07, 6.45) is 0. The number of aromatic nitrogens is 2. The second-order valence-corrected chi connectivity index (χ2v) is 3.53. The second kappa shape index (κ2) is 4.68. The maximum atomic E-state index is 13.6. The summed E-state index contributed by atoms with van der Waals surface area (Å²) in [5.41, 5.74) is 8.47.